The molecule has 4 heteroatoms. The average molecular weight is 354 g/mol. The lowest BCUT2D eigenvalue weighted by Gasteiger charge is -2.36. The fraction of sp³-hybridized carbons (Fsp3) is 0.650. The molecule has 3 unspecified atom stereocenters. The molecule has 0 amide bonds. The molecule has 1 aliphatic rings. The van der Waals surface area contributed by atoms with Gasteiger partial charge in [-0.15, -0.1) is 12.4 Å². The first-order valence-electron chi connectivity index (χ1n) is 8.69. The van der Waals surface area contributed by atoms with E-state index in [1.807, 2.05) is 19.1 Å². The smallest absolute Gasteiger partial charge is 0.166 e. The first-order valence-corrected chi connectivity index (χ1v) is 8.69. The van der Waals surface area contributed by atoms with Gasteiger partial charge in [-0.05, 0) is 24.8 Å². The van der Waals surface area contributed by atoms with E-state index < -0.39 is 0 Å². The van der Waals surface area contributed by atoms with Crippen molar-refractivity contribution in [1.82, 2.24) is 4.90 Å². The van der Waals surface area contributed by atoms with Crippen molar-refractivity contribution in [3.63, 3.8) is 0 Å². The molecule has 1 fully saturated rings. The van der Waals surface area contributed by atoms with E-state index in [0.717, 1.165) is 25.2 Å². The van der Waals surface area contributed by atoms with E-state index in [1.165, 1.54) is 5.56 Å². The first-order chi connectivity index (χ1) is 10.7. The highest BCUT2D eigenvalue weighted by Gasteiger charge is 2.26. The molecule has 1 aromatic carbocycles. The molecular formula is C20H32ClNO2. The van der Waals surface area contributed by atoms with Gasteiger partial charge in [0.2, 0.25) is 0 Å². The zero-order chi connectivity index (χ0) is 17.2. The molecule has 1 aromatic rings. The minimum Gasteiger partial charge on any atom is -0.373 e. The molecule has 0 radical (unpaired) electrons. The number of carbonyl (C=O) groups is 1. The third-order valence-electron chi connectivity index (χ3n) is 4.51. The highest BCUT2D eigenvalue weighted by Crippen LogP contribution is 2.23. The Kier molecular flexibility index (Phi) is 7.45. The molecule has 3 nitrogen and oxygen atoms in total. The van der Waals surface area contributed by atoms with Gasteiger partial charge in [0.25, 0.3) is 0 Å². The summed E-state index contributed by atoms with van der Waals surface area (Å²) in [5.74, 6) is 0.241. The summed E-state index contributed by atoms with van der Waals surface area (Å²) in [6.07, 6.45) is 0.485. The van der Waals surface area contributed by atoms with E-state index >= 15 is 0 Å². The van der Waals surface area contributed by atoms with Crippen molar-refractivity contribution >= 4 is 18.2 Å². The number of rotatable bonds is 4. The molecular weight excluding hydrogens is 322 g/mol. The van der Waals surface area contributed by atoms with Gasteiger partial charge in [0, 0.05) is 31.1 Å². The number of hydrogen-bond donors (Lipinski definition) is 0. The summed E-state index contributed by atoms with van der Waals surface area (Å²) in [7, 11) is 0. The van der Waals surface area contributed by atoms with Crippen LogP contribution < -0.4 is 0 Å². The maximum absolute atomic E-state index is 12.7. The number of hydrogen-bond acceptors (Lipinski definition) is 3. The van der Waals surface area contributed by atoms with E-state index in [-0.39, 0.29) is 41.7 Å². The zero-order valence-corrected chi connectivity index (χ0v) is 16.7. The lowest BCUT2D eigenvalue weighted by molar-refractivity contribution is -0.0700. The van der Waals surface area contributed by atoms with Gasteiger partial charge in [0.15, 0.2) is 5.78 Å². The monoisotopic (exact) mass is 353 g/mol. The van der Waals surface area contributed by atoms with Crippen LogP contribution in [0.5, 0.6) is 0 Å². The summed E-state index contributed by atoms with van der Waals surface area (Å²) in [6.45, 7) is 15.4. The van der Waals surface area contributed by atoms with Gasteiger partial charge in [0.1, 0.15) is 0 Å². The highest BCUT2D eigenvalue weighted by molar-refractivity contribution is 5.97. The lowest BCUT2D eigenvalue weighted by Crippen LogP contribution is -2.47. The topological polar surface area (TPSA) is 29.5 Å². The van der Waals surface area contributed by atoms with Crippen LogP contribution in [0.3, 0.4) is 0 Å². The molecule has 0 N–H and O–H groups in total. The molecule has 0 spiro atoms. The molecule has 1 heterocycles. The third kappa shape index (κ3) is 5.58. The van der Waals surface area contributed by atoms with Crippen LogP contribution in [-0.2, 0) is 10.2 Å². The molecule has 3 atom stereocenters. The third-order valence-corrected chi connectivity index (χ3v) is 4.51. The number of Topliss-reactive ketones (excluding diaryl/α,β-unsaturated/α-hetero) is 1. The SMILES string of the molecule is CC1CN(CC(C)C(=O)c2ccc(C(C)(C)C)cc2)CC(C)O1.Cl. The van der Waals surface area contributed by atoms with Crippen LogP contribution in [0.15, 0.2) is 24.3 Å². The Morgan fingerprint density at radius 1 is 1.17 bits per heavy atom. The van der Waals surface area contributed by atoms with Crippen molar-refractivity contribution < 1.29 is 9.53 Å². The second-order valence-electron chi connectivity index (χ2n) is 8.07. The van der Waals surface area contributed by atoms with Crippen LogP contribution in [0.2, 0.25) is 0 Å². The fourth-order valence-corrected chi connectivity index (χ4v) is 3.32. The van der Waals surface area contributed by atoms with Gasteiger partial charge in [-0.2, -0.15) is 0 Å². The highest BCUT2D eigenvalue weighted by atomic mass is 35.5. The van der Waals surface area contributed by atoms with Gasteiger partial charge >= 0.3 is 0 Å². The number of ketones is 1. The molecule has 1 aliphatic heterocycles. The van der Waals surface area contributed by atoms with Gasteiger partial charge in [-0.25, -0.2) is 0 Å². The van der Waals surface area contributed by atoms with E-state index in [1.54, 1.807) is 0 Å². The van der Waals surface area contributed by atoms with Gasteiger partial charge in [-0.1, -0.05) is 52.0 Å². The fourth-order valence-electron chi connectivity index (χ4n) is 3.32. The van der Waals surface area contributed by atoms with E-state index in [0.29, 0.717) is 0 Å². The minimum absolute atomic E-state index is 0. The Hall–Kier alpha value is -0.900. The molecule has 24 heavy (non-hydrogen) atoms. The molecule has 0 bridgehead atoms. The largest absolute Gasteiger partial charge is 0.373 e. The van der Waals surface area contributed by atoms with Crippen molar-refractivity contribution in [3.05, 3.63) is 35.4 Å². The average Bonchev–Trinajstić information content (AvgIpc) is 2.44. The Morgan fingerprint density at radius 3 is 2.12 bits per heavy atom. The number of morpholine rings is 1. The summed E-state index contributed by atoms with van der Waals surface area (Å²) >= 11 is 0. The second-order valence-corrected chi connectivity index (χ2v) is 8.07. The van der Waals surface area contributed by atoms with Crippen LogP contribution in [0.25, 0.3) is 0 Å². The first kappa shape index (κ1) is 21.1. The number of halogens is 1. The number of benzene rings is 1. The predicted molar refractivity (Wildman–Crippen MR) is 102 cm³/mol. The summed E-state index contributed by atoms with van der Waals surface area (Å²) in [6, 6.07) is 8.12. The van der Waals surface area contributed by atoms with E-state index in [9.17, 15) is 4.79 Å². The van der Waals surface area contributed by atoms with Gasteiger partial charge in [-0.3, -0.25) is 9.69 Å². The number of carbonyl (C=O) groups excluding carboxylic acids is 1. The standard InChI is InChI=1S/C20H31NO2.ClH/c1-14(11-21-12-15(2)23-16(3)13-21)19(22)17-7-9-18(10-8-17)20(4,5)6;/h7-10,14-16H,11-13H2,1-6H3;1H. The summed E-state index contributed by atoms with van der Waals surface area (Å²) in [4.78, 5) is 15.0. The zero-order valence-electron chi connectivity index (χ0n) is 15.8. The summed E-state index contributed by atoms with van der Waals surface area (Å²) in [5, 5.41) is 0. The van der Waals surface area contributed by atoms with Crippen LogP contribution >= 0.6 is 12.4 Å². The van der Waals surface area contributed by atoms with E-state index in [2.05, 4.69) is 51.7 Å². The molecule has 136 valence electrons. The molecule has 0 saturated carbocycles. The summed E-state index contributed by atoms with van der Waals surface area (Å²) < 4.78 is 5.76. The van der Waals surface area contributed by atoms with Crippen molar-refractivity contribution in [2.75, 3.05) is 19.6 Å². The quantitative estimate of drug-likeness (QED) is 0.754. The molecule has 0 aromatic heterocycles. The predicted octanol–water partition coefficient (Wildman–Crippen LogP) is 4.33. The Morgan fingerprint density at radius 2 is 1.67 bits per heavy atom. The van der Waals surface area contributed by atoms with Crippen LogP contribution in [-0.4, -0.2) is 42.5 Å². The Labute approximate surface area is 153 Å². The molecule has 0 aliphatic carbocycles. The summed E-state index contributed by atoms with van der Waals surface area (Å²) in [5.41, 5.74) is 2.20. The molecule has 1 saturated heterocycles. The van der Waals surface area contributed by atoms with Crippen LogP contribution in [0.4, 0.5) is 0 Å². The van der Waals surface area contributed by atoms with Crippen LogP contribution in [0.1, 0.15) is 57.5 Å². The van der Waals surface area contributed by atoms with Crippen molar-refractivity contribution in [3.8, 4) is 0 Å². The number of ether oxygens (including phenoxy) is 1. The van der Waals surface area contributed by atoms with E-state index in [4.69, 9.17) is 4.74 Å². The van der Waals surface area contributed by atoms with Crippen molar-refractivity contribution in [2.24, 2.45) is 5.92 Å². The van der Waals surface area contributed by atoms with Crippen molar-refractivity contribution in [2.45, 2.75) is 59.2 Å². The minimum atomic E-state index is 0. The number of nitrogens with zero attached hydrogens (tertiary/aromatic N) is 1. The second kappa shape index (κ2) is 8.46. The maximum Gasteiger partial charge on any atom is 0.166 e. The van der Waals surface area contributed by atoms with Crippen molar-refractivity contribution in [1.29, 1.82) is 0 Å². The molecule has 2 rings (SSSR count). The maximum atomic E-state index is 12.7. The Balaban J connectivity index is 0.00000288. The Bertz CT molecular complexity index is 526. The normalized spacial score (nSPS) is 23.4. The van der Waals surface area contributed by atoms with Gasteiger partial charge in [0.05, 0.1) is 12.2 Å². The van der Waals surface area contributed by atoms with Crippen LogP contribution in [0, 0.1) is 5.92 Å². The lowest BCUT2D eigenvalue weighted by atomic mass is 9.86. The van der Waals surface area contributed by atoms with Gasteiger partial charge < -0.3 is 4.74 Å².